The van der Waals surface area contributed by atoms with Crippen LogP contribution in [0.1, 0.15) is 40.5 Å². The first-order valence-corrected chi connectivity index (χ1v) is 8.00. The van der Waals surface area contributed by atoms with Crippen LogP contribution in [0, 0.1) is 12.8 Å². The lowest BCUT2D eigenvalue weighted by Gasteiger charge is -2.15. The van der Waals surface area contributed by atoms with E-state index < -0.39 is 6.10 Å². The molecule has 0 saturated heterocycles. The van der Waals surface area contributed by atoms with Crippen LogP contribution in [0.3, 0.4) is 0 Å². The van der Waals surface area contributed by atoms with Gasteiger partial charge >= 0.3 is 0 Å². The van der Waals surface area contributed by atoms with Crippen LogP contribution in [-0.2, 0) is 0 Å². The molecule has 7 heteroatoms. The van der Waals surface area contributed by atoms with Crippen molar-refractivity contribution in [3.8, 4) is 0 Å². The number of nitrogens with one attached hydrogen (secondary N) is 2. The minimum atomic E-state index is -0.453. The fourth-order valence-electron chi connectivity index (χ4n) is 3.11. The lowest BCUT2D eigenvalue weighted by atomic mass is 10.0. The number of nitrogens with zero attached hydrogens (tertiary/aromatic N) is 2. The van der Waals surface area contributed by atoms with Gasteiger partial charge in [0.25, 0.3) is 5.91 Å². The van der Waals surface area contributed by atoms with Crippen LogP contribution in [0.4, 0.5) is 0 Å². The largest absolute Gasteiger partial charge is 0.393 e. The predicted octanol–water partition coefficient (Wildman–Crippen LogP) is 2.05. The molecule has 122 valence electrons. The maximum absolute atomic E-state index is 12.3. The van der Waals surface area contributed by atoms with E-state index >= 15 is 0 Å². The lowest BCUT2D eigenvalue weighted by molar-refractivity contribution is 0.0916. The number of aliphatic hydroxyl groups excluding tert-OH is 1. The Balaban J connectivity index is 1.60. The summed E-state index contributed by atoms with van der Waals surface area (Å²) in [5, 5.41) is 20.3. The van der Waals surface area contributed by atoms with Crippen molar-refractivity contribution >= 4 is 17.5 Å². The summed E-state index contributed by atoms with van der Waals surface area (Å²) in [6.45, 7) is 2.30. The second-order valence-corrected chi connectivity index (χ2v) is 6.47. The monoisotopic (exact) mass is 334 g/mol. The molecule has 6 nitrogen and oxygen atoms in total. The van der Waals surface area contributed by atoms with E-state index in [4.69, 9.17) is 11.6 Å². The van der Waals surface area contributed by atoms with Crippen molar-refractivity contribution in [2.75, 3.05) is 6.54 Å². The highest BCUT2D eigenvalue weighted by Gasteiger charge is 2.35. The zero-order chi connectivity index (χ0) is 16.4. The van der Waals surface area contributed by atoms with E-state index in [1.54, 1.807) is 12.1 Å². The number of aromatic nitrogens is 3. The maximum Gasteiger partial charge on any atom is 0.251 e. The number of hydrogen-bond donors (Lipinski definition) is 3. The van der Waals surface area contributed by atoms with Gasteiger partial charge in [0.05, 0.1) is 6.10 Å². The van der Waals surface area contributed by atoms with Gasteiger partial charge in [-0.2, -0.15) is 5.10 Å². The molecule has 0 unspecified atom stereocenters. The van der Waals surface area contributed by atoms with Crippen molar-refractivity contribution in [1.29, 1.82) is 0 Å². The van der Waals surface area contributed by atoms with Crippen LogP contribution >= 0.6 is 11.6 Å². The molecule has 3 rings (SSSR count). The molecule has 1 fully saturated rings. The van der Waals surface area contributed by atoms with Gasteiger partial charge in [-0.1, -0.05) is 17.7 Å². The minimum Gasteiger partial charge on any atom is -0.393 e. The second-order valence-electron chi connectivity index (χ2n) is 6.04. The number of benzene rings is 1. The van der Waals surface area contributed by atoms with E-state index in [-0.39, 0.29) is 17.7 Å². The molecule has 0 radical (unpaired) electrons. The summed E-state index contributed by atoms with van der Waals surface area (Å²) < 4.78 is 0. The lowest BCUT2D eigenvalue weighted by Crippen LogP contribution is -2.32. The molecule has 1 aliphatic rings. The molecule has 0 spiro atoms. The molecular weight excluding hydrogens is 316 g/mol. The molecule has 0 bridgehead atoms. The number of aromatic amines is 1. The summed E-state index contributed by atoms with van der Waals surface area (Å²) in [4.78, 5) is 16.5. The van der Waals surface area contributed by atoms with Crippen molar-refractivity contribution in [3.63, 3.8) is 0 Å². The number of amides is 1. The molecule has 1 heterocycles. The van der Waals surface area contributed by atoms with Crippen LogP contribution in [-0.4, -0.2) is 38.8 Å². The van der Waals surface area contributed by atoms with Gasteiger partial charge in [-0.3, -0.25) is 9.89 Å². The van der Waals surface area contributed by atoms with E-state index in [0.717, 1.165) is 17.8 Å². The standard InChI is InChI=1S/C16H19ClN4O2/c1-9-2-3-12(17)6-13(9)16(23)18-7-11-4-10(5-14(11)22)15-19-8-20-21-15/h2-3,6,8,10-11,14,22H,4-5,7H2,1H3,(H,18,23)(H,19,20,21)/t10-,11+,14+/m1/s1. The van der Waals surface area contributed by atoms with E-state index in [1.807, 2.05) is 13.0 Å². The molecule has 3 N–H and O–H groups in total. The number of H-pyrrole nitrogens is 1. The normalized spacial score (nSPS) is 23.9. The van der Waals surface area contributed by atoms with Gasteiger partial charge in [0.2, 0.25) is 0 Å². The van der Waals surface area contributed by atoms with Gasteiger partial charge in [0.1, 0.15) is 12.2 Å². The molecule has 1 aromatic carbocycles. The average molecular weight is 335 g/mol. The highest BCUT2D eigenvalue weighted by molar-refractivity contribution is 6.31. The molecule has 3 atom stereocenters. The number of carbonyl (C=O) groups excluding carboxylic acids is 1. The molecule has 1 aromatic heterocycles. The van der Waals surface area contributed by atoms with Crippen LogP contribution < -0.4 is 5.32 Å². The summed E-state index contributed by atoms with van der Waals surface area (Å²) in [6, 6.07) is 5.24. The van der Waals surface area contributed by atoms with Crippen molar-refractivity contribution in [2.45, 2.75) is 31.8 Å². The van der Waals surface area contributed by atoms with Crippen LogP contribution in [0.5, 0.6) is 0 Å². The van der Waals surface area contributed by atoms with Crippen LogP contribution in [0.25, 0.3) is 0 Å². The quantitative estimate of drug-likeness (QED) is 0.798. The zero-order valence-electron chi connectivity index (χ0n) is 12.8. The Morgan fingerprint density at radius 2 is 2.30 bits per heavy atom. The van der Waals surface area contributed by atoms with E-state index in [1.165, 1.54) is 6.33 Å². The maximum atomic E-state index is 12.3. The molecular formula is C16H19ClN4O2. The van der Waals surface area contributed by atoms with Gasteiger partial charge in [-0.25, -0.2) is 4.98 Å². The Labute approximate surface area is 139 Å². The fraction of sp³-hybridized carbons (Fsp3) is 0.438. The molecule has 23 heavy (non-hydrogen) atoms. The van der Waals surface area contributed by atoms with E-state index in [9.17, 15) is 9.90 Å². The number of halogens is 1. The summed E-state index contributed by atoms with van der Waals surface area (Å²) in [6.07, 6.45) is 2.42. The first kappa shape index (κ1) is 16.0. The summed E-state index contributed by atoms with van der Waals surface area (Å²) in [7, 11) is 0. The second kappa shape index (κ2) is 6.68. The third kappa shape index (κ3) is 3.54. The highest BCUT2D eigenvalue weighted by atomic mass is 35.5. The molecule has 1 amide bonds. The van der Waals surface area contributed by atoms with Crippen molar-refractivity contribution in [3.05, 3.63) is 46.5 Å². The predicted molar refractivity (Wildman–Crippen MR) is 86.4 cm³/mol. The van der Waals surface area contributed by atoms with Crippen LogP contribution in [0.15, 0.2) is 24.5 Å². The summed E-state index contributed by atoms with van der Waals surface area (Å²) in [5.41, 5.74) is 1.44. The van der Waals surface area contributed by atoms with Crippen molar-refractivity contribution in [1.82, 2.24) is 20.5 Å². The highest BCUT2D eigenvalue weighted by Crippen LogP contribution is 2.36. The molecule has 2 aromatic rings. The number of carbonyl (C=O) groups is 1. The first-order chi connectivity index (χ1) is 11.0. The molecule has 0 aliphatic heterocycles. The average Bonchev–Trinajstić information content (AvgIpc) is 3.17. The van der Waals surface area contributed by atoms with Gasteiger partial charge in [-0.05, 0) is 37.5 Å². The summed E-state index contributed by atoms with van der Waals surface area (Å²) >= 11 is 5.95. The van der Waals surface area contributed by atoms with Crippen LogP contribution in [0.2, 0.25) is 5.02 Å². The molecule has 1 aliphatic carbocycles. The van der Waals surface area contributed by atoms with Gasteiger partial charge in [0.15, 0.2) is 0 Å². The SMILES string of the molecule is Cc1ccc(Cl)cc1C(=O)NC[C@@H]1C[C@@H](c2ncn[nH]2)C[C@@H]1O. The number of rotatable bonds is 4. The minimum absolute atomic E-state index is 0.00791. The number of aryl methyl sites for hydroxylation is 1. The Morgan fingerprint density at radius 1 is 1.48 bits per heavy atom. The Morgan fingerprint density at radius 3 is 3.04 bits per heavy atom. The van der Waals surface area contributed by atoms with Crippen molar-refractivity contribution < 1.29 is 9.90 Å². The summed E-state index contributed by atoms with van der Waals surface area (Å²) in [5.74, 6) is 0.791. The Hall–Kier alpha value is -1.92. The third-order valence-corrected chi connectivity index (χ3v) is 4.68. The topological polar surface area (TPSA) is 90.9 Å². The van der Waals surface area contributed by atoms with E-state index in [2.05, 4.69) is 20.5 Å². The van der Waals surface area contributed by atoms with Gasteiger partial charge in [-0.15, -0.1) is 0 Å². The Kier molecular flexibility index (Phi) is 4.63. The van der Waals surface area contributed by atoms with Gasteiger partial charge in [0, 0.05) is 29.0 Å². The smallest absolute Gasteiger partial charge is 0.251 e. The third-order valence-electron chi connectivity index (χ3n) is 4.45. The van der Waals surface area contributed by atoms with Gasteiger partial charge < -0.3 is 10.4 Å². The zero-order valence-corrected chi connectivity index (χ0v) is 13.5. The Bertz CT molecular complexity index is 689. The fourth-order valence-corrected chi connectivity index (χ4v) is 3.29. The molecule has 1 saturated carbocycles. The van der Waals surface area contributed by atoms with Crippen molar-refractivity contribution in [2.24, 2.45) is 5.92 Å². The van der Waals surface area contributed by atoms with E-state index in [0.29, 0.717) is 23.6 Å². The first-order valence-electron chi connectivity index (χ1n) is 7.62. The number of aliphatic hydroxyl groups is 1. The number of hydrogen-bond acceptors (Lipinski definition) is 4.